The molecule has 0 saturated carbocycles. The van der Waals surface area contributed by atoms with Gasteiger partial charge in [0, 0.05) is 30.1 Å². The quantitative estimate of drug-likeness (QED) is 0.795. The number of likely N-dealkylation sites (tertiary alicyclic amines) is 1. The molecule has 0 amide bonds. The number of likely N-dealkylation sites (N-methyl/N-ethyl adjacent to an activating group) is 1. The fourth-order valence-electron chi connectivity index (χ4n) is 4.38. The highest BCUT2D eigenvalue weighted by molar-refractivity contribution is 7.09. The number of thiophene rings is 1. The summed E-state index contributed by atoms with van der Waals surface area (Å²) in [5.41, 5.74) is 8.95. The van der Waals surface area contributed by atoms with Crippen molar-refractivity contribution in [3.8, 4) is 5.75 Å². The Morgan fingerprint density at radius 2 is 2.29 bits per heavy atom. The van der Waals surface area contributed by atoms with Crippen molar-refractivity contribution in [3.05, 3.63) is 51.7 Å². The number of rotatable bonds is 4. The molecule has 2 aliphatic rings. The van der Waals surface area contributed by atoms with Crippen LogP contribution < -0.4 is 11.1 Å². The van der Waals surface area contributed by atoms with Gasteiger partial charge in [0.05, 0.1) is 5.54 Å². The number of hydrogen-bond donors (Lipinski definition) is 3. The van der Waals surface area contributed by atoms with Crippen LogP contribution >= 0.6 is 11.3 Å². The summed E-state index contributed by atoms with van der Waals surface area (Å²) in [6, 6.07) is 10.6. The number of phenolic OH excluding ortho intramolecular Hbond substituents is 1. The Morgan fingerprint density at radius 1 is 1.42 bits per heavy atom. The average Bonchev–Trinajstić information content (AvgIpc) is 3.07. The molecule has 4 rings (SSSR count). The summed E-state index contributed by atoms with van der Waals surface area (Å²) in [4.78, 5) is 3.84. The maximum Gasteiger partial charge on any atom is 0.115 e. The molecule has 128 valence electrons. The second-order valence-corrected chi connectivity index (χ2v) is 8.18. The van der Waals surface area contributed by atoms with Crippen LogP contribution in [0.25, 0.3) is 0 Å². The summed E-state index contributed by atoms with van der Waals surface area (Å²) in [5.74, 6) is 0.313. The van der Waals surface area contributed by atoms with Crippen molar-refractivity contribution in [1.29, 1.82) is 0 Å². The maximum atomic E-state index is 9.95. The predicted molar refractivity (Wildman–Crippen MR) is 98.5 cm³/mol. The van der Waals surface area contributed by atoms with Gasteiger partial charge >= 0.3 is 0 Å². The molecule has 0 spiro atoms. The van der Waals surface area contributed by atoms with Crippen molar-refractivity contribution < 1.29 is 5.11 Å². The van der Waals surface area contributed by atoms with Gasteiger partial charge in [-0.1, -0.05) is 12.1 Å². The molecule has 5 heteroatoms. The van der Waals surface area contributed by atoms with E-state index in [4.69, 9.17) is 5.73 Å². The molecule has 4 N–H and O–H groups in total. The van der Waals surface area contributed by atoms with Gasteiger partial charge in [0.2, 0.25) is 0 Å². The Labute approximate surface area is 147 Å². The minimum absolute atomic E-state index is 0.213. The molecule has 24 heavy (non-hydrogen) atoms. The first-order valence-electron chi connectivity index (χ1n) is 8.65. The van der Waals surface area contributed by atoms with Gasteiger partial charge in [-0.15, -0.1) is 11.3 Å². The first-order valence-corrected chi connectivity index (χ1v) is 9.53. The lowest BCUT2D eigenvalue weighted by Gasteiger charge is -2.54. The molecule has 1 aromatic carbocycles. The van der Waals surface area contributed by atoms with Gasteiger partial charge in [-0.3, -0.25) is 0 Å². The lowest BCUT2D eigenvalue weighted by molar-refractivity contribution is 0.0600. The topological polar surface area (TPSA) is 61.5 Å². The normalized spacial score (nSPS) is 29.4. The van der Waals surface area contributed by atoms with E-state index in [9.17, 15) is 5.11 Å². The third kappa shape index (κ3) is 2.65. The zero-order valence-corrected chi connectivity index (χ0v) is 14.9. The number of nitrogens with two attached hydrogens (primary N) is 1. The van der Waals surface area contributed by atoms with Crippen LogP contribution in [-0.4, -0.2) is 42.2 Å². The summed E-state index contributed by atoms with van der Waals surface area (Å²) >= 11 is 1.81. The van der Waals surface area contributed by atoms with Gasteiger partial charge in [-0.25, -0.2) is 0 Å². The standard InChI is InChI=1S/C19H25N3OS/c1-22-9-7-19(20)16-12-14(23)5-4-13(16)11-17(22)18(19)21-8-6-15-3-2-10-24-15/h2-5,10,12,17-18,21,23H,6-9,11,20H2,1H3/t17-,18?,19-/m1/s1. The number of nitrogens with zero attached hydrogens (tertiary/aromatic N) is 1. The monoisotopic (exact) mass is 343 g/mol. The molecule has 1 saturated heterocycles. The number of benzene rings is 1. The second-order valence-electron chi connectivity index (χ2n) is 7.15. The van der Waals surface area contributed by atoms with Crippen molar-refractivity contribution in [2.24, 2.45) is 5.73 Å². The fraction of sp³-hybridized carbons (Fsp3) is 0.474. The van der Waals surface area contributed by atoms with Crippen molar-refractivity contribution in [3.63, 3.8) is 0 Å². The van der Waals surface area contributed by atoms with Crippen LogP contribution in [0.15, 0.2) is 35.7 Å². The smallest absolute Gasteiger partial charge is 0.115 e. The van der Waals surface area contributed by atoms with Crippen LogP contribution in [0.5, 0.6) is 5.75 Å². The Morgan fingerprint density at radius 3 is 3.08 bits per heavy atom. The van der Waals surface area contributed by atoms with Crippen molar-refractivity contribution in [2.75, 3.05) is 20.1 Å². The molecule has 1 aromatic heterocycles. The van der Waals surface area contributed by atoms with Crippen LogP contribution in [0.3, 0.4) is 0 Å². The highest BCUT2D eigenvalue weighted by Crippen LogP contribution is 2.42. The van der Waals surface area contributed by atoms with E-state index in [1.54, 1.807) is 17.4 Å². The first kappa shape index (κ1) is 16.1. The molecular formula is C19H25N3OS. The van der Waals surface area contributed by atoms with E-state index in [-0.39, 0.29) is 6.04 Å². The Balaban J connectivity index is 1.60. The first-order chi connectivity index (χ1) is 11.6. The van der Waals surface area contributed by atoms with E-state index in [2.05, 4.69) is 34.8 Å². The molecule has 2 bridgehead atoms. The number of hydrogen-bond acceptors (Lipinski definition) is 5. The minimum atomic E-state index is -0.404. The summed E-state index contributed by atoms with van der Waals surface area (Å²) < 4.78 is 0. The molecule has 0 radical (unpaired) electrons. The lowest BCUT2D eigenvalue weighted by Crippen LogP contribution is -2.70. The number of aromatic hydroxyl groups is 1. The summed E-state index contributed by atoms with van der Waals surface area (Å²) in [5, 5.41) is 15.8. The molecule has 2 aromatic rings. The van der Waals surface area contributed by atoms with Gasteiger partial charge in [0.15, 0.2) is 0 Å². The largest absolute Gasteiger partial charge is 0.508 e. The Kier molecular flexibility index (Phi) is 4.12. The number of fused-ring (bicyclic) bond motifs is 4. The zero-order chi connectivity index (χ0) is 16.7. The molecule has 1 aliphatic carbocycles. The summed E-state index contributed by atoms with van der Waals surface area (Å²) in [6.07, 6.45) is 2.93. The molecule has 1 fully saturated rings. The molecule has 1 unspecified atom stereocenters. The minimum Gasteiger partial charge on any atom is -0.508 e. The molecule has 3 atom stereocenters. The molecule has 4 nitrogen and oxygen atoms in total. The lowest BCUT2D eigenvalue weighted by atomic mass is 9.66. The Bertz CT molecular complexity index is 717. The number of phenols is 1. The van der Waals surface area contributed by atoms with Crippen LogP contribution in [0, 0.1) is 0 Å². The SMILES string of the molecule is CN1CC[C@@]2(N)c3cc(O)ccc3C[C@@H]1C2NCCc1cccs1. The molecule has 2 heterocycles. The van der Waals surface area contributed by atoms with E-state index >= 15 is 0 Å². The van der Waals surface area contributed by atoms with E-state index in [1.807, 2.05) is 12.1 Å². The van der Waals surface area contributed by atoms with E-state index in [0.29, 0.717) is 11.8 Å². The van der Waals surface area contributed by atoms with Crippen LogP contribution in [0.4, 0.5) is 0 Å². The van der Waals surface area contributed by atoms with Gasteiger partial charge in [0.25, 0.3) is 0 Å². The summed E-state index contributed by atoms with van der Waals surface area (Å²) in [6.45, 7) is 1.93. The second kappa shape index (κ2) is 6.15. The molecular weight excluding hydrogens is 318 g/mol. The van der Waals surface area contributed by atoms with E-state index in [0.717, 1.165) is 37.9 Å². The summed E-state index contributed by atoms with van der Waals surface area (Å²) in [7, 11) is 2.20. The van der Waals surface area contributed by atoms with Crippen LogP contribution in [0.2, 0.25) is 0 Å². The number of piperidine rings is 1. The van der Waals surface area contributed by atoms with Crippen molar-refractivity contribution in [1.82, 2.24) is 10.2 Å². The third-order valence-corrected chi connectivity index (χ3v) is 6.66. The van der Waals surface area contributed by atoms with E-state index < -0.39 is 5.54 Å². The van der Waals surface area contributed by atoms with Crippen LogP contribution in [0.1, 0.15) is 22.4 Å². The highest BCUT2D eigenvalue weighted by atomic mass is 32.1. The zero-order valence-electron chi connectivity index (χ0n) is 14.0. The Hall–Kier alpha value is -1.40. The molecule has 1 aliphatic heterocycles. The van der Waals surface area contributed by atoms with Gasteiger partial charge in [-0.05, 0) is 61.0 Å². The third-order valence-electron chi connectivity index (χ3n) is 5.72. The predicted octanol–water partition coefficient (Wildman–Crippen LogP) is 2.07. The fourth-order valence-corrected chi connectivity index (χ4v) is 5.09. The highest BCUT2D eigenvalue weighted by Gasteiger charge is 2.50. The van der Waals surface area contributed by atoms with Gasteiger partial charge < -0.3 is 21.1 Å². The van der Waals surface area contributed by atoms with Gasteiger partial charge in [0.1, 0.15) is 5.75 Å². The van der Waals surface area contributed by atoms with Crippen molar-refractivity contribution >= 4 is 11.3 Å². The van der Waals surface area contributed by atoms with E-state index in [1.165, 1.54) is 10.4 Å². The maximum absolute atomic E-state index is 9.95. The van der Waals surface area contributed by atoms with Crippen molar-refractivity contribution in [2.45, 2.75) is 36.9 Å². The number of nitrogens with one attached hydrogen (secondary N) is 1. The average molecular weight is 343 g/mol. The van der Waals surface area contributed by atoms with Crippen LogP contribution in [-0.2, 0) is 18.4 Å². The van der Waals surface area contributed by atoms with Gasteiger partial charge in [-0.2, -0.15) is 0 Å².